The summed E-state index contributed by atoms with van der Waals surface area (Å²) >= 11 is 3.72. The molecule has 0 amide bonds. The molecule has 242 valence electrons. The van der Waals surface area contributed by atoms with Crippen molar-refractivity contribution in [1.29, 1.82) is 0 Å². The fourth-order valence-corrected chi connectivity index (χ4v) is 9.49. The minimum Gasteiger partial charge on any atom is -0.317 e. The molecule has 1 aliphatic carbocycles. The van der Waals surface area contributed by atoms with Crippen molar-refractivity contribution >= 4 is 86.2 Å². The Morgan fingerprint density at radius 2 is 1.04 bits per heavy atom. The summed E-state index contributed by atoms with van der Waals surface area (Å²) < 4.78 is 7.58. The van der Waals surface area contributed by atoms with Crippen molar-refractivity contribution in [2.45, 2.75) is 26.7 Å². The van der Waals surface area contributed by atoms with E-state index < -0.39 is 0 Å². The van der Waals surface area contributed by atoms with Crippen molar-refractivity contribution in [1.82, 2.24) is 4.57 Å². The zero-order valence-electron chi connectivity index (χ0n) is 28.1. The van der Waals surface area contributed by atoms with Crippen LogP contribution in [0, 0.1) is 0 Å². The number of hydrogen-bond acceptors (Lipinski definition) is 3. The molecule has 2 nitrogen and oxygen atoms in total. The fraction of sp³-hybridized carbons (Fsp3) is 0.0870. The maximum absolute atomic E-state index is 2.41. The molecule has 0 atom stereocenters. The molecule has 0 radical (unpaired) electrons. The minimum atomic E-state index is 1.12. The molecule has 3 aromatic heterocycles. The zero-order valence-corrected chi connectivity index (χ0v) is 29.8. The summed E-state index contributed by atoms with van der Waals surface area (Å²) in [7, 11) is 0. The molecular formula is C46H36N2S2. The van der Waals surface area contributed by atoms with Crippen molar-refractivity contribution in [2.24, 2.45) is 0 Å². The van der Waals surface area contributed by atoms with Crippen molar-refractivity contribution in [3.8, 4) is 16.8 Å². The quantitative estimate of drug-likeness (QED) is 0.176. The first-order valence-electron chi connectivity index (χ1n) is 17.5. The van der Waals surface area contributed by atoms with Crippen molar-refractivity contribution < 1.29 is 0 Å². The van der Waals surface area contributed by atoms with E-state index in [1.165, 1.54) is 68.4 Å². The van der Waals surface area contributed by atoms with Gasteiger partial charge in [-0.3, -0.25) is 0 Å². The van der Waals surface area contributed by atoms with Crippen molar-refractivity contribution in [2.75, 3.05) is 4.90 Å². The lowest BCUT2D eigenvalue weighted by molar-refractivity contribution is 0.958. The highest BCUT2D eigenvalue weighted by atomic mass is 32.1. The van der Waals surface area contributed by atoms with Crippen LogP contribution in [0.4, 0.5) is 17.1 Å². The van der Waals surface area contributed by atoms with Gasteiger partial charge >= 0.3 is 0 Å². The third-order valence-electron chi connectivity index (χ3n) is 9.71. The first kappa shape index (κ1) is 30.6. The van der Waals surface area contributed by atoms with E-state index in [0.29, 0.717) is 0 Å². The Balaban J connectivity index is 0.00000165. The summed E-state index contributed by atoms with van der Waals surface area (Å²) in [5.41, 5.74) is 9.81. The zero-order chi connectivity index (χ0) is 33.6. The molecule has 0 spiro atoms. The van der Waals surface area contributed by atoms with Gasteiger partial charge in [0.15, 0.2) is 0 Å². The lowest BCUT2D eigenvalue weighted by Crippen LogP contribution is -2.09. The molecule has 9 aromatic rings. The third-order valence-corrected chi connectivity index (χ3v) is 12.0. The number of anilines is 3. The standard InChI is InChI=1S/C44H30N2S2.C2H6/c1-4-10-40-31(7-1)25-26-45(40)32-17-13-29(14-18-32)30-15-19-33(20-16-30)46(34-21-23-43-38(27-34)36-8-2-5-11-41(36)47-43)35-22-24-44-39(28-35)37-9-3-6-12-42(37)48-44;1-2/h2-6,8-28H,1,7H2;1-2H3. The molecule has 10 rings (SSSR count). The number of aromatic nitrogens is 1. The highest BCUT2D eigenvalue weighted by molar-refractivity contribution is 7.26. The van der Waals surface area contributed by atoms with Crippen LogP contribution in [-0.4, -0.2) is 4.57 Å². The second-order valence-corrected chi connectivity index (χ2v) is 14.7. The molecule has 0 bridgehead atoms. The predicted molar refractivity (Wildman–Crippen MR) is 220 cm³/mol. The average Bonchev–Trinajstić information content (AvgIpc) is 3.89. The highest BCUT2D eigenvalue weighted by Gasteiger charge is 2.17. The fourth-order valence-electron chi connectivity index (χ4n) is 7.31. The summed E-state index contributed by atoms with van der Waals surface area (Å²) in [5, 5.41) is 5.23. The topological polar surface area (TPSA) is 8.17 Å². The van der Waals surface area contributed by atoms with Gasteiger partial charge in [0.2, 0.25) is 0 Å². The van der Waals surface area contributed by atoms with Crippen LogP contribution in [0.15, 0.2) is 152 Å². The van der Waals surface area contributed by atoms with Crippen LogP contribution in [0.3, 0.4) is 0 Å². The Bertz CT molecular complexity index is 2550. The molecule has 4 heteroatoms. The number of allylic oxidation sites excluding steroid dienone is 1. The number of aryl methyl sites for hydroxylation is 1. The Morgan fingerprint density at radius 3 is 1.64 bits per heavy atom. The summed E-state index contributed by atoms with van der Waals surface area (Å²) in [6.45, 7) is 4.00. The maximum atomic E-state index is 2.41. The van der Waals surface area contributed by atoms with Crippen LogP contribution in [-0.2, 0) is 6.42 Å². The van der Waals surface area contributed by atoms with Gasteiger partial charge in [0.05, 0.1) is 0 Å². The summed E-state index contributed by atoms with van der Waals surface area (Å²) in [6, 6.07) is 51.6. The molecule has 50 heavy (non-hydrogen) atoms. The first-order chi connectivity index (χ1) is 24.8. The van der Waals surface area contributed by atoms with E-state index in [1.807, 2.05) is 36.5 Å². The molecule has 0 aliphatic heterocycles. The van der Waals surface area contributed by atoms with E-state index in [1.54, 1.807) is 0 Å². The SMILES string of the molecule is C1=Cc2c(ccn2-c2ccc(-c3ccc(N(c4ccc5sc6ccccc6c5c4)c4ccc5sc6ccccc6c5c4)cc3)cc2)CC1.CC. The van der Waals surface area contributed by atoms with E-state index in [0.717, 1.165) is 29.9 Å². The highest BCUT2D eigenvalue weighted by Crippen LogP contribution is 2.43. The summed E-state index contributed by atoms with van der Waals surface area (Å²) in [4.78, 5) is 2.41. The monoisotopic (exact) mass is 680 g/mol. The van der Waals surface area contributed by atoms with E-state index in [-0.39, 0.29) is 0 Å². The van der Waals surface area contributed by atoms with Crippen LogP contribution in [0.25, 0.3) is 63.2 Å². The molecule has 0 saturated carbocycles. The smallest absolute Gasteiger partial charge is 0.0484 e. The van der Waals surface area contributed by atoms with Crippen LogP contribution >= 0.6 is 22.7 Å². The lowest BCUT2D eigenvalue weighted by atomic mass is 10.0. The van der Waals surface area contributed by atoms with Gasteiger partial charge in [0, 0.05) is 75.0 Å². The van der Waals surface area contributed by atoms with Crippen molar-refractivity contribution in [3.63, 3.8) is 0 Å². The number of rotatable bonds is 5. The Morgan fingerprint density at radius 1 is 0.520 bits per heavy atom. The molecule has 0 N–H and O–H groups in total. The Labute approximate surface area is 300 Å². The first-order valence-corrected chi connectivity index (χ1v) is 19.1. The van der Waals surface area contributed by atoms with Gasteiger partial charge in [-0.05, 0) is 114 Å². The number of nitrogens with zero attached hydrogens (tertiary/aromatic N) is 2. The van der Waals surface area contributed by atoms with E-state index in [4.69, 9.17) is 0 Å². The molecule has 3 heterocycles. The van der Waals surface area contributed by atoms with Gasteiger partial charge in [0.1, 0.15) is 0 Å². The second-order valence-electron chi connectivity index (χ2n) is 12.5. The molecule has 0 saturated heterocycles. The predicted octanol–water partition coefficient (Wildman–Crippen LogP) is 14.3. The molecule has 6 aromatic carbocycles. The van der Waals surface area contributed by atoms with E-state index >= 15 is 0 Å². The van der Waals surface area contributed by atoms with Crippen LogP contribution in [0.1, 0.15) is 31.5 Å². The summed E-state index contributed by atoms with van der Waals surface area (Å²) in [6.07, 6.45) is 8.98. The summed E-state index contributed by atoms with van der Waals surface area (Å²) in [5.74, 6) is 0. The molecule has 0 fully saturated rings. The van der Waals surface area contributed by atoms with Crippen LogP contribution < -0.4 is 4.90 Å². The van der Waals surface area contributed by atoms with Crippen molar-refractivity contribution in [3.05, 3.63) is 163 Å². The van der Waals surface area contributed by atoms with Crippen LogP contribution in [0.2, 0.25) is 0 Å². The second kappa shape index (κ2) is 12.8. The van der Waals surface area contributed by atoms with Gasteiger partial charge in [-0.2, -0.15) is 0 Å². The number of hydrogen-bond donors (Lipinski definition) is 0. The lowest BCUT2D eigenvalue weighted by Gasteiger charge is -2.26. The third kappa shape index (κ3) is 5.24. The number of benzene rings is 6. The Kier molecular flexibility index (Phi) is 7.84. The van der Waals surface area contributed by atoms with Gasteiger partial charge in [-0.25, -0.2) is 0 Å². The van der Waals surface area contributed by atoms with Gasteiger partial charge in [-0.1, -0.05) is 80.6 Å². The molecular weight excluding hydrogens is 645 g/mol. The molecule has 1 aliphatic rings. The number of thiophene rings is 2. The minimum absolute atomic E-state index is 1.12. The van der Waals surface area contributed by atoms with Gasteiger partial charge < -0.3 is 9.47 Å². The maximum Gasteiger partial charge on any atom is 0.0484 e. The average molecular weight is 681 g/mol. The normalized spacial score (nSPS) is 12.4. The largest absolute Gasteiger partial charge is 0.317 e. The molecule has 0 unspecified atom stereocenters. The Hall–Kier alpha value is -5.42. The van der Waals surface area contributed by atoms with E-state index in [2.05, 4.69) is 167 Å². The number of fused-ring (bicyclic) bond motifs is 7. The van der Waals surface area contributed by atoms with Gasteiger partial charge in [-0.15, -0.1) is 22.7 Å². The van der Waals surface area contributed by atoms with E-state index in [9.17, 15) is 0 Å². The van der Waals surface area contributed by atoms with Gasteiger partial charge in [0.25, 0.3) is 0 Å². The van der Waals surface area contributed by atoms with Crippen LogP contribution in [0.5, 0.6) is 0 Å².